The smallest absolute Gasteiger partial charge is 0.315 e. The zero-order chi connectivity index (χ0) is 22.8. The number of hydrogen-bond acceptors (Lipinski definition) is 6. The van der Waals surface area contributed by atoms with Gasteiger partial charge in [0.05, 0.1) is 21.3 Å². The normalized spacial score (nSPS) is 22.7. The molecule has 2 aromatic carbocycles. The Morgan fingerprint density at radius 3 is 1.97 bits per heavy atom. The molecule has 3 atom stereocenters. The van der Waals surface area contributed by atoms with Gasteiger partial charge in [-0.1, -0.05) is 24.3 Å². The van der Waals surface area contributed by atoms with E-state index in [0.29, 0.717) is 29.9 Å². The van der Waals surface area contributed by atoms with Crippen LogP contribution in [-0.2, 0) is 14.3 Å². The predicted molar refractivity (Wildman–Crippen MR) is 121 cm³/mol. The summed E-state index contributed by atoms with van der Waals surface area (Å²) in [4.78, 5) is 31.0. The molecule has 0 radical (unpaired) electrons. The lowest BCUT2D eigenvalue weighted by Gasteiger charge is -2.36. The first-order valence-electron chi connectivity index (χ1n) is 10.6. The average molecular weight is 434 g/mol. The zero-order valence-electron chi connectivity index (χ0n) is 18.8. The highest BCUT2D eigenvalue weighted by Crippen LogP contribution is 2.47. The fourth-order valence-electron chi connectivity index (χ4n) is 4.78. The van der Waals surface area contributed by atoms with E-state index in [9.17, 15) is 9.59 Å². The van der Waals surface area contributed by atoms with E-state index in [2.05, 4.69) is 0 Å². The molecular formula is C26H27NO5. The number of Topliss-reactive ketones (excluding diaryl/α,β-unsaturated/α-hetero) is 1. The first kappa shape index (κ1) is 21.8. The van der Waals surface area contributed by atoms with Crippen LogP contribution in [0.15, 0.2) is 64.8 Å². The summed E-state index contributed by atoms with van der Waals surface area (Å²) in [7, 11) is 4.61. The Balaban J connectivity index is 1.76. The van der Waals surface area contributed by atoms with Gasteiger partial charge in [-0.05, 0) is 54.7 Å². The monoisotopic (exact) mass is 433 g/mol. The summed E-state index contributed by atoms with van der Waals surface area (Å²) in [6, 6.07) is 15.3. The fraction of sp³-hybridized carbons (Fsp3) is 0.346. The van der Waals surface area contributed by atoms with Crippen LogP contribution in [0.25, 0.3) is 0 Å². The second-order valence-corrected chi connectivity index (χ2v) is 8.17. The summed E-state index contributed by atoms with van der Waals surface area (Å²) in [6.07, 6.45) is 1.02. The Labute approximate surface area is 187 Å². The Hall–Kier alpha value is -3.41. The summed E-state index contributed by atoms with van der Waals surface area (Å²) < 4.78 is 15.6. The van der Waals surface area contributed by atoms with Gasteiger partial charge < -0.3 is 14.2 Å². The first-order chi connectivity index (χ1) is 15.5. The minimum Gasteiger partial charge on any atom is -0.497 e. The van der Waals surface area contributed by atoms with Gasteiger partial charge in [0.15, 0.2) is 5.78 Å². The molecule has 0 amide bonds. The van der Waals surface area contributed by atoms with E-state index in [1.54, 1.807) is 14.2 Å². The number of carbonyl (C=O) groups is 2. The number of esters is 1. The molecule has 0 bridgehead atoms. The van der Waals surface area contributed by atoms with E-state index >= 15 is 0 Å². The third-order valence-corrected chi connectivity index (χ3v) is 6.41. The number of benzene rings is 2. The summed E-state index contributed by atoms with van der Waals surface area (Å²) in [5.41, 5.74) is 4.01. The van der Waals surface area contributed by atoms with Crippen molar-refractivity contribution in [2.75, 3.05) is 21.3 Å². The zero-order valence-corrected chi connectivity index (χ0v) is 18.8. The van der Waals surface area contributed by atoms with E-state index in [1.165, 1.54) is 7.11 Å². The molecule has 1 heterocycles. The maximum absolute atomic E-state index is 13.5. The van der Waals surface area contributed by atoms with Gasteiger partial charge in [-0.2, -0.15) is 0 Å². The predicted octanol–water partition coefficient (Wildman–Crippen LogP) is 4.45. The van der Waals surface area contributed by atoms with Crippen LogP contribution < -0.4 is 9.47 Å². The lowest BCUT2D eigenvalue weighted by atomic mass is 9.69. The lowest BCUT2D eigenvalue weighted by molar-refractivity contribution is -0.143. The molecule has 0 N–H and O–H groups in total. The largest absolute Gasteiger partial charge is 0.497 e. The molecular weight excluding hydrogens is 406 g/mol. The third kappa shape index (κ3) is 3.93. The number of rotatable bonds is 5. The molecule has 6 heteroatoms. The second kappa shape index (κ2) is 8.99. The van der Waals surface area contributed by atoms with Crippen LogP contribution in [0.3, 0.4) is 0 Å². The molecule has 166 valence electrons. The molecule has 1 aliphatic heterocycles. The number of ketones is 1. The van der Waals surface area contributed by atoms with Gasteiger partial charge in [0.2, 0.25) is 0 Å². The fourth-order valence-corrected chi connectivity index (χ4v) is 4.78. The molecule has 0 saturated carbocycles. The van der Waals surface area contributed by atoms with Crippen molar-refractivity contribution in [2.45, 2.75) is 31.6 Å². The van der Waals surface area contributed by atoms with E-state index in [-0.39, 0.29) is 17.7 Å². The summed E-state index contributed by atoms with van der Waals surface area (Å²) in [5.74, 6) is 0.117. The molecule has 2 aromatic rings. The van der Waals surface area contributed by atoms with Crippen molar-refractivity contribution in [1.82, 2.24) is 0 Å². The van der Waals surface area contributed by atoms with Gasteiger partial charge in [0.25, 0.3) is 0 Å². The number of carbonyl (C=O) groups excluding carboxylic acids is 2. The van der Waals surface area contributed by atoms with Gasteiger partial charge in [0.1, 0.15) is 17.4 Å². The van der Waals surface area contributed by atoms with Gasteiger partial charge in [0, 0.05) is 29.3 Å². The van der Waals surface area contributed by atoms with Crippen LogP contribution in [0.4, 0.5) is 0 Å². The molecule has 2 aliphatic rings. The minimum atomic E-state index is -0.631. The van der Waals surface area contributed by atoms with Crippen molar-refractivity contribution < 1.29 is 23.8 Å². The summed E-state index contributed by atoms with van der Waals surface area (Å²) in [5, 5.41) is 0. The molecule has 0 aromatic heterocycles. The molecule has 1 unspecified atom stereocenters. The molecule has 32 heavy (non-hydrogen) atoms. The maximum atomic E-state index is 13.5. The molecule has 0 saturated heterocycles. The van der Waals surface area contributed by atoms with Crippen molar-refractivity contribution in [3.8, 4) is 11.5 Å². The Morgan fingerprint density at radius 2 is 1.44 bits per heavy atom. The molecule has 1 aliphatic carbocycles. The number of ether oxygens (including phenoxy) is 3. The number of allylic oxidation sites excluding steroid dienone is 2. The molecule has 0 spiro atoms. The van der Waals surface area contributed by atoms with Crippen LogP contribution in [0, 0.1) is 5.92 Å². The topological polar surface area (TPSA) is 74.2 Å². The Morgan fingerprint density at radius 1 is 0.875 bits per heavy atom. The first-order valence-corrected chi connectivity index (χ1v) is 10.6. The third-order valence-electron chi connectivity index (χ3n) is 6.41. The maximum Gasteiger partial charge on any atom is 0.315 e. The minimum absolute atomic E-state index is 0.0260. The number of methoxy groups -OCH3 is 3. The molecule has 6 nitrogen and oxygen atoms in total. The van der Waals surface area contributed by atoms with Gasteiger partial charge >= 0.3 is 5.97 Å². The summed E-state index contributed by atoms with van der Waals surface area (Å²) in [6.45, 7) is 1.84. The quantitative estimate of drug-likeness (QED) is 0.651. The van der Waals surface area contributed by atoms with Crippen LogP contribution in [0.2, 0.25) is 0 Å². The number of aliphatic imine (C=N–C) groups is 1. The van der Waals surface area contributed by atoms with Crippen LogP contribution in [0.5, 0.6) is 11.5 Å². The van der Waals surface area contributed by atoms with Crippen LogP contribution in [-0.4, -0.2) is 38.8 Å². The summed E-state index contributed by atoms with van der Waals surface area (Å²) >= 11 is 0. The highest BCUT2D eigenvalue weighted by Gasteiger charge is 2.44. The van der Waals surface area contributed by atoms with Gasteiger partial charge in [-0.15, -0.1) is 0 Å². The highest BCUT2D eigenvalue weighted by atomic mass is 16.5. The van der Waals surface area contributed by atoms with Crippen molar-refractivity contribution in [3.63, 3.8) is 0 Å². The number of hydrogen-bond donors (Lipinski definition) is 0. The average Bonchev–Trinajstić information content (AvgIpc) is 2.82. The second-order valence-electron chi connectivity index (χ2n) is 8.17. The van der Waals surface area contributed by atoms with Crippen LogP contribution >= 0.6 is 0 Å². The van der Waals surface area contributed by atoms with Crippen molar-refractivity contribution in [2.24, 2.45) is 10.9 Å². The SMILES string of the molecule is COC(=O)C1C(C)=NC2=C(C(=O)C[C@@H](c3ccc(OC)cc3)C2)[C@H]1c1ccc(OC)cc1. The lowest BCUT2D eigenvalue weighted by Crippen LogP contribution is -2.37. The number of nitrogens with zero attached hydrogens (tertiary/aromatic N) is 1. The van der Waals surface area contributed by atoms with E-state index in [0.717, 1.165) is 22.6 Å². The van der Waals surface area contributed by atoms with Gasteiger partial charge in [-0.3, -0.25) is 14.6 Å². The van der Waals surface area contributed by atoms with Crippen LogP contribution in [0.1, 0.15) is 42.7 Å². The van der Waals surface area contributed by atoms with Crippen molar-refractivity contribution in [3.05, 3.63) is 70.9 Å². The Bertz CT molecular complexity index is 1080. The van der Waals surface area contributed by atoms with Crippen molar-refractivity contribution >= 4 is 17.5 Å². The van der Waals surface area contributed by atoms with E-state index < -0.39 is 11.8 Å². The molecule has 0 fully saturated rings. The van der Waals surface area contributed by atoms with Gasteiger partial charge in [-0.25, -0.2) is 0 Å². The standard InChI is InChI=1S/C26H27NO5/c1-15-23(26(29)32-4)24(17-7-11-20(31-3)12-8-17)25-21(27-15)13-18(14-22(25)28)16-5-9-19(30-2)10-6-16/h5-12,18,23-24H,13-14H2,1-4H3/t18-,23?,24-/m0/s1. The van der Waals surface area contributed by atoms with E-state index in [4.69, 9.17) is 19.2 Å². The van der Waals surface area contributed by atoms with E-state index in [1.807, 2.05) is 55.5 Å². The highest BCUT2D eigenvalue weighted by molar-refractivity contribution is 6.09. The molecule has 4 rings (SSSR count). The van der Waals surface area contributed by atoms with Crippen molar-refractivity contribution in [1.29, 1.82) is 0 Å². The Kier molecular flexibility index (Phi) is 6.12.